The van der Waals surface area contributed by atoms with E-state index in [-0.39, 0.29) is 11.5 Å². The third kappa shape index (κ3) is 4.11. The van der Waals surface area contributed by atoms with Crippen molar-refractivity contribution >= 4 is 0 Å². The molecule has 108 valence electrons. The smallest absolute Gasteiger partial charge is 0.124 e. The predicted molar refractivity (Wildman–Crippen MR) is 76.6 cm³/mol. The average Bonchev–Trinajstić information content (AvgIpc) is 2.36. The summed E-state index contributed by atoms with van der Waals surface area (Å²) in [6.07, 6.45) is -0.188. The van der Waals surface area contributed by atoms with Gasteiger partial charge >= 0.3 is 0 Å². The first-order valence-electron chi connectivity index (χ1n) is 6.45. The lowest BCUT2D eigenvalue weighted by atomic mass is 9.83. The van der Waals surface area contributed by atoms with Crippen LogP contribution in [0.2, 0.25) is 0 Å². The number of aliphatic hydroxyl groups is 1. The second-order valence-electron chi connectivity index (χ2n) is 5.83. The summed E-state index contributed by atoms with van der Waals surface area (Å²) in [4.78, 5) is 0. The molecule has 0 amide bonds. The summed E-state index contributed by atoms with van der Waals surface area (Å²) in [6, 6.07) is 5.29. The molecule has 0 unspecified atom stereocenters. The zero-order valence-corrected chi connectivity index (χ0v) is 12.4. The van der Waals surface area contributed by atoms with Gasteiger partial charge in [0.2, 0.25) is 0 Å². The van der Waals surface area contributed by atoms with E-state index in [1.54, 1.807) is 32.4 Å². The van der Waals surface area contributed by atoms with Gasteiger partial charge in [-0.1, -0.05) is 20.8 Å². The molecule has 0 aliphatic carbocycles. The van der Waals surface area contributed by atoms with Gasteiger partial charge in [0.25, 0.3) is 0 Å². The van der Waals surface area contributed by atoms with Gasteiger partial charge in [-0.05, 0) is 30.0 Å². The summed E-state index contributed by atoms with van der Waals surface area (Å²) >= 11 is 0. The van der Waals surface area contributed by atoms with Crippen molar-refractivity contribution in [1.29, 1.82) is 0 Å². The number of hydrogen-bond acceptors (Lipinski definition) is 4. The largest absolute Gasteiger partial charge is 0.497 e. The second kappa shape index (κ2) is 6.26. The van der Waals surface area contributed by atoms with E-state index in [9.17, 15) is 5.11 Å². The highest BCUT2D eigenvalue weighted by Crippen LogP contribution is 2.33. The lowest BCUT2D eigenvalue weighted by Gasteiger charge is -2.29. The number of hydrogen-bond donors (Lipinski definition) is 2. The summed E-state index contributed by atoms with van der Waals surface area (Å²) in [7, 11) is 3.18. The van der Waals surface area contributed by atoms with Gasteiger partial charge in [0.05, 0.1) is 20.3 Å². The van der Waals surface area contributed by atoms with Crippen LogP contribution < -0.4 is 15.2 Å². The molecule has 0 aliphatic rings. The summed E-state index contributed by atoms with van der Waals surface area (Å²) in [6.45, 7) is 6.19. The molecule has 0 saturated heterocycles. The van der Waals surface area contributed by atoms with Crippen LogP contribution in [0, 0.1) is 5.41 Å². The van der Waals surface area contributed by atoms with Crippen LogP contribution in [-0.2, 0) is 0 Å². The van der Waals surface area contributed by atoms with Crippen LogP contribution in [0.3, 0.4) is 0 Å². The maximum Gasteiger partial charge on any atom is 0.124 e. The van der Waals surface area contributed by atoms with Crippen molar-refractivity contribution in [1.82, 2.24) is 0 Å². The Morgan fingerprint density at radius 3 is 2.32 bits per heavy atom. The van der Waals surface area contributed by atoms with Gasteiger partial charge in [0, 0.05) is 11.6 Å². The van der Waals surface area contributed by atoms with E-state index in [0.29, 0.717) is 23.5 Å². The molecule has 4 nitrogen and oxygen atoms in total. The van der Waals surface area contributed by atoms with Crippen molar-refractivity contribution in [2.24, 2.45) is 11.1 Å². The lowest BCUT2D eigenvalue weighted by Crippen LogP contribution is -2.36. The Kier molecular flexibility index (Phi) is 5.20. The van der Waals surface area contributed by atoms with Gasteiger partial charge in [0.15, 0.2) is 0 Å². The zero-order valence-electron chi connectivity index (χ0n) is 12.4. The van der Waals surface area contributed by atoms with E-state index < -0.39 is 6.10 Å². The molecule has 1 aromatic carbocycles. The third-order valence-corrected chi connectivity index (χ3v) is 3.39. The number of nitrogens with two attached hydrogens (primary N) is 1. The van der Waals surface area contributed by atoms with Crippen LogP contribution in [0.4, 0.5) is 0 Å². The molecule has 0 spiro atoms. The highest BCUT2D eigenvalue weighted by atomic mass is 16.5. The van der Waals surface area contributed by atoms with Gasteiger partial charge in [-0.2, -0.15) is 0 Å². The molecule has 4 heteroatoms. The number of rotatable bonds is 5. The highest BCUT2D eigenvalue weighted by molar-refractivity contribution is 5.41. The molecule has 0 fully saturated rings. The van der Waals surface area contributed by atoms with E-state index in [1.807, 2.05) is 0 Å². The van der Waals surface area contributed by atoms with Crippen LogP contribution >= 0.6 is 0 Å². The Bertz CT molecular complexity index is 412. The van der Waals surface area contributed by atoms with Crippen LogP contribution in [0.1, 0.15) is 38.9 Å². The van der Waals surface area contributed by atoms with Gasteiger partial charge in [-0.3, -0.25) is 0 Å². The average molecular weight is 267 g/mol. The van der Waals surface area contributed by atoms with Crippen molar-refractivity contribution < 1.29 is 14.6 Å². The summed E-state index contributed by atoms with van der Waals surface area (Å²) in [5, 5.41) is 10.4. The van der Waals surface area contributed by atoms with Gasteiger partial charge in [-0.15, -0.1) is 0 Å². The van der Waals surface area contributed by atoms with Crippen LogP contribution in [0.5, 0.6) is 11.5 Å². The molecule has 0 aliphatic heterocycles. The number of aliphatic hydroxyl groups excluding tert-OH is 1. The topological polar surface area (TPSA) is 64.7 Å². The van der Waals surface area contributed by atoms with Crippen molar-refractivity contribution in [2.45, 2.75) is 39.3 Å². The molecule has 0 aromatic heterocycles. The van der Waals surface area contributed by atoms with Crippen molar-refractivity contribution in [3.05, 3.63) is 23.8 Å². The Morgan fingerprint density at radius 1 is 1.21 bits per heavy atom. The molecule has 2 atom stereocenters. The van der Waals surface area contributed by atoms with E-state index >= 15 is 0 Å². The predicted octanol–water partition coefficient (Wildman–Crippen LogP) is 2.50. The zero-order chi connectivity index (χ0) is 14.6. The third-order valence-electron chi connectivity index (χ3n) is 3.39. The van der Waals surface area contributed by atoms with E-state index in [4.69, 9.17) is 15.2 Å². The quantitative estimate of drug-likeness (QED) is 0.860. The molecule has 0 heterocycles. The van der Waals surface area contributed by atoms with Crippen LogP contribution in [0.25, 0.3) is 0 Å². The molecular formula is C15H25NO3. The Hall–Kier alpha value is -1.26. The van der Waals surface area contributed by atoms with Crippen LogP contribution in [-0.4, -0.2) is 25.4 Å². The van der Waals surface area contributed by atoms with Crippen molar-refractivity contribution in [3.63, 3.8) is 0 Å². The normalized spacial score (nSPS) is 14.9. The fraction of sp³-hybridized carbons (Fsp3) is 0.600. The molecule has 19 heavy (non-hydrogen) atoms. The molecular weight excluding hydrogens is 242 g/mol. The van der Waals surface area contributed by atoms with E-state index in [2.05, 4.69) is 20.8 Å². The minimum Gasteiger partial charge on any atom is -0.497 e. The first-order valence-corrected chi connectivity index (χ1v) is 6.45. The van der Waals surface area contributed by atoms with Crippen molar-refractivity contribution in [2.75, 3.05) is 14.2 Å². The second-order valence-corrected chi connectivity index (χ2v) is 5.83. The highest BCUT2D eigenvalue weighted by Gasteiger charge is 2.25. The molecule has 0 bridgehead atoms. The molecule has 3 N–H and O–H groups in total. The number of benzene rings is 1. The molecule has 0 radical (unpaired) electrons. The minimum atomic E-state index is -0.667. The number of ether oxygens (including phenoxy) is 2. The monoisotopic (exact) mass is 267 g/mol. The van der Waals surface area contributed by atoms with Gasteiger partial charge in [0.1, 0.15) is 11.5 Å². The SMILES string of the molecule is COc1ccc(OC)c([C@H](O)C[C@H](N)C(C)(C)C)c1. The summed E-state index contributed by atoms with van der Waals surface area (Å²) in [5.41, 5.74) is 6.78. The van der Waals surface area contributed by atoms with Gasteiger partial charge < -0.3 is 20.3 Å². The van der Waals surface area contributed by atoms with E-state index in [0.717, 1.165) is 0 Å². The van der Waals surface area contributed by atoms with Crippen LogP contribution in [0.15, 0.2) is 18.2 Å². The van der Waals surface area contributed by atoms with E-state index in [1.165, 1.54) is 0 Å². The molecule has 1 aromatic rings. The summed E-state index contributed by atoms with van der Waals surface area (Å²) < 4.78 is 10.5. The van der Waals surface area contributed by atoms with Gasteiger partial charge in [-0.25, -0.2) is 0 Å². The Balaban J connectivity index is 2.94. The number of methoxy groups -OCH3 is 2. The first-order chi connectivity index (χ1) is 8.79. The summed E-state index contributed by atoms with van der Waals surface area (Å²) in [5.74, 6) is 1.34. The minimum absolute atomic E-state index is 0.0485. The maximum absolute atomic E-state index is 10.4. The maximum atomic E-state index is 10.4. The van der Waals surface area contributed by atoms with Crippen molar-refractivity contribution in [3.8, 4) is 11.5 Å². The lowest BCUT2D eigenvalue weighted by molar-refractivity contribution is 0.130. The fourth-order valence-electron chi connectivity index (χ4n) is 1.82. The fourth-order valence-corrected chi connectivity index (χ4v) is 1.82. The molecule has 1 rings (SSSR count). The first kappa shape index (κ1) is 15.8. The Labute approximate surface area is 115 Å². The Morgan fingerprint density at radius 2 is 1.84 bits per heavy atom. The standard InChI is InChI=1S/C15H25NO3/c1-15(2,3)14(16)9-12(17)11-8-10(18-4)6-7-13(11)19-5/h6-8,12,14,17H,9,16H2,1-5H3/t12-,14+/m1/s1. The molecule has 0 saturated carbocycles.